The van der Waals surface area contributed by atoms with E-state index in [0.29, 0.717) is 29.2 Å². The molecular formula is C18H22Cl2IN7. The molecule has 0 unspecified atom stereocenters. The van der Waals surface area contributed by atoms with E-state index in [9.17, 15) is 0 Å². The lowest BCUT2D eigenvalue weighted by Crippen LogP contribution is -2.37. The van der Waals surface area contributed by atoms with E-state index < -0.39 is 0 Å². The Labute approximate surface area is 191 Å². The molecule has 150 valence electrons. The molecule has 3 rings (SSSR count). The Morgan fingerprint density at radius 1 is 1.25 bits per heavy atom. The highest BCUT2D eigenvalue weighted by Crippen LogP contribution is 2.24. The SMILES string of the molecule is CCNC(=NCc1ccc(-n2ccnc2)nc1)NCc1cc(Cl)c(Cl)n1C.I. The standard InChI is InChI=1S/C18H21Cl2N7.HI/c1-3-22-18(25-11-14-8-15(19)17(20)26(14)2)24-10-13-4-5-16(23-9-13)27-7-6-21-12-27;/h4-9,12H,3,10-11H2,1-2H3,(H2,22,24,25);1H. The van der Waals surface area contributed by atoms with E-state index >= 15 is 0 Å². The van der Waals surface area contributed by atoms with Gasteiger partial charge in [0, 0.05) is 37.9 Å². The molecule has 0 spiro atoms. The third kappa shape index (κ3) is 5.62. The molecule has 28 heavy (non-hydrogen) atoms. The van der Waals surface area contributed by atoms with Crippen LogP contribution >= 0.6 is 47.2 Å². The van der Waals surface area contributed by atoms with E-state index in [1.54, 1.807) is 12.5 Å². The molecule has 3 heterocycles. The molecule has 3 aromatic rings. The van der Waals surface area contributed by atoms with Gasteiger partial charge in [0.25, 0.3) is 0 Å². The molecule has 0 aliphatic carbocycles. The van der Waals surface area contributed by atoms with Crippen molar-refractivity contribution in [1.29, 1.82) is 0 Å². The van der Waals surface area contributed by atoms with Crippen LogP contribution in [-0.4, -0.2) is 31.6 Å². The minimum Gasteiger partial charge on any atom is -0.357 e. The fourth-order valence-corrected chi connectivity index (χ4v) is 2.92. The Kier molecular flexibility index (Phi) is 8.58. The summed E-state index contributed by atoms with van der Waals surface area (Å²) in [5.74, 6) is 1.53. The summed E-state index contributed by atoms with van der Waals surface area (Å²) in [6.07, 6.45) is 7.12. The molecule has 0 atom stereocenters. The summed E-state index contributed by atoms with van der Waals surface area (Å²) in [4.78, 5) is 13.1. The Bertz CT molecular complexity index is 905. The van der Waals surface area contributed by atoms with E-state index in [-0.39, 0.29) is 24.0 Å². The van der Waals surface area contributed by atoms with Crippen LogP contribution in [0.25, 0.3) is 5.82 Å². The molecule has 0 bridgehead atoms. The predicted molar refractivity (Wildman–Crippen MR) is 124 cm³/mol. The minimum atomic E-state index is 0. The van der Waals surface area contributed by atoms with Gasteiger partial charge in [0.15, 0.2) is 5.96 Å². The smallest absolute Gasteiger partial charge is 0.191 e. The van der Waals surface area contributed by atoms with Gasteiger partial charge in [0.2, 0.25) is 0 Å². The summed E-state index contributed by atoms with van der Waals surface area (Å²) in [6, 6.07) is 5.80. The molecule has 0 fully saturated rings. The molecule has 0 aliphatic heterocycles. The minimum absolute atomic E-state index is 0. The number of nitrogens with one attached hydrogen (secondary N) is 2. The topological polar surface area (TPSA) is 72.1 Å². The van der Waals surface area contributed by atoms with Crippen molar-refractivity contribution in [2.24, 2.45) is 12.0 Å². The number of rotatable bonds is 6. The number of nitrogens with zero attached hydrogens (tertiary/aromatic N) is 5. The molecule has 0 saturated carbocycles. The van der Waals surface area contributed by atoms with Crippen molar-refractivity contribution in [1.82, 2.24) is 29.7 Å². The maximum atomic E-state index is 6.11. The van der Waals surface area contributed by atoms with Gasteiger partial charge in [-0.25, -0.2) is 15.0 Å². The summed E-state index contributed by atoms with van der Waals surface area (Å²) in [6.45, 7) is 3.86. The zero-order valence-corrected chi connectivity index (χ0v) is 19.4. The van der Waals surface area contributed by atoms with Crippen LogP contribution in [0, 0.1) is 0 Å². The quantitative estimate of drug-likeness (QED) is 0.287. The van der Waals surface area contributed by atoms with Gasteiger partial charge in [-0.1, -0.05) is 29.3 Å². The maximum absolute atomic E-state index is 6.11. The van der Waals surface area contributed by atoms with Crippen LogP contribution in [0.5, 0.6) is 0 Å². The van der Waals surface area contributed by atoms with Crippen LogP contribution < -0.4 is 10.6 Å². The molecule has 7 nitrogen and oxygen atoms in total. The van der Waals surface area contributed by atoms with Crippen LogP contribution in [0.3, 0.4) is 0 Å². The van der Waals surface area contributed by atoms with Crippen LogP contribution in [0.15, 0.2) is 48.1 Å². The molecular weight excluding hydrogens is 512 g/mol. The monoisotopic (exact) mass is 533 g/mol. The van der Waals surface area contributed by atoms with Gasteiger partial charge in [-0.2, -0.15) is 0 Å². The summed E-state index contributed by atoms with van der Waals surface area (Å²) >= 11 is 12.2. The second kappa shape index (κ2) is 10.7. The zero-order valence-electron chi connectivity index (χ0n) is 15.6. The van der Waals surface area contributed by atoms with Crippen molar-refractivity contribution < 1.29 is 0 Å². The van der Waals surface area contributed by atoms with Gasteiger partial charge in [-0.3, -0.25) is 4.57 Å². The fourth-order valence-electron chi connectivity index (χ4n) is 2.50. The molecule has 10 heteroatoms. The van der Waals surface area contributed by atoms with E-state index in [1.165, 1.54) is 0 Å². The number of pyridine rings is 1. The Morgan fingerprint density at radius 3 is 2.64 bits per heavy atom. The van der Waals surface area contributed by atoms with Gasteiger partial charge in [-0.05, 0) is 24.6 Å². The normalized spacial score (nSPS) is 11.2. The highest BCUT2D eigenvalue weighted by Gasteiger charge is 2.09. The number of halogens is 3. The van der Waals surface area contributed by atoms with Crippen molar-refractivity contribution in [3.8, 4) is 5.82 Å². The lowest BCUT2D eigenvalue weighted by Gasteiger charge is -2.12. The average molecular weight is 534 g/mol. The molecule has 3 aromatic heterocycles. The summed E-state index contributed by atoms with van der Waals surface area (Å²) in [5, 5.41) is 7.59. The first kappa shape index (κ1) is 22.5. The predicted octanol–water partition coefficient (Wildman–Crippen LogP) is 3.79. The van der Waals surface area contributed by atoms with Gasteiger partial charge in [-0.15, -0.1) is 24.0 Å². The molecule has 0 aliphatic rings. The van der Waals surface area contributed by atoms with Crippen LogP contribution in [0.2, 0.25) is 10.2 Å². The van der Waals surface area contributed by atoms with Gasteiger partial charge in [0.05, 0.1) is 18.1 Å². The van der Waals surface area contributed by atoms with Gasteiger partial charge >= 0.3 is 0 Å². The summed E-state index contributed by atoms with van der Waals surface area (Å²) in [7, 11) is 1.88. The number of imidazole rings is 1. The molecule has 0 saturated heterocycles. The number of hydrogen-bond donors (Lipinski definition) is 2. The third-order valence-corrected chi connectivity index (χ3v) is 4.84. The second-order valence-corrected chi connectivity index (χ2v) is 6.64. The first-order chi connectivity index (χ1) is 13.1. The highest BCUT2D eigenvalue weighted by atomic mass is 127. The average Bonchev–Trinajstić information content (AvgIpc) is 3.30. The highest BCUT2D eigenvalue weighted by molar-refractivity contribution is 14.0. The molecule has 0 amide bonds. The lowest BCUT2D eigenvalue weighted by molar-refractivity contribution is 0.752. The molecule has 2 N–H and O–H groups in total. The van der Waals surface area contributed by atoms with Gasteiger partial charge in [0.1, 0.15) is 17.3 Å². The Hall–Kier alpha value is -1.78. The van der Waals surface area contributed by atoms with E-state index in [0.717, 1.165) is 23.6 Å². The Morgan fingerprint density at radius 2 is 2.07 bits per heavy atom. The van der Waals surface area contributed by atoms with Crippen molar-refractivity contribution in [2.45, 2.75) is 20.0 Å². The van der Waals surface area contributed by atoms with E-state index in [1.807, 2.05) is 53.7 Å². The Balaban J connectivity index is 0.00000280. The third-order valence-electron chi connectivity index (χ3n) is 3.99. The second-order valence-electron chi connectivity index (χ2n) is 5.88. The van der Waals surface area contributed by atoms with Crippen LogP contribution in [0.4, 0.5) is 0 Å². The first-order valence-corrected chi connectivity index (χ1v) is 9.29. The molecule has 0 aromatic carbocycles. The van der Waals surface area contributed by atoms with Crippen molar-refractivity contribution in [3.05, 3.63) is 64.6 Å². The van der Waals surface area contributed by atoms with Crippen LogP contribution in [-0.2, 0) is 20.1 Å². The number of hydrogen-bond acceptors (Lipinski definition) is 3. The van der Waals surface area contributed by atoms with E-state index in [4.69, 9.17) is 23.2 Å². The van der Waals surface area contributed by atoms with Crippen molar-refractivity contribution in [3.63, 3.8) is 0 Å². The summed E-state index contributed by atoms with van der Waals surface area (Å²) in [5.41, 5.74) is 1.99. The van der Waals surface area contributed by atoms with E-state index in [2.05, 4.69) is 25.6 Å². The van der Waals surface area contributed by atoms with Gasteiger partial charge < -0.3 is 15.2 Å². The summed E-state index contributed by atoms with van der Waals surface area (Å²) < 4.78 is 3.70. The maximum Gasteiger partial charge on any atom is 0.191 e. The van der Waals surface area contributed by atoms with Crippen molar-refractivity contribution >= 4 is 53.1 Å². The lowest BCUT2D eigenvalue weighted by atomic mass is 10.3. The zero-order chi connectivity index (χ0) is 19.2. The first-order valence-electron chi connectivity index (χ1n) is 8.53. The fraction of sp³-hybridized carbons (Fsp3) is 0.278. The van der Waals surface area contributed by atoms with Crippen molar-refractivity contribution in [2.75, 3.05) is 6.54 Å². The van der Waals surface area contributed by atoms with Crippen LogP contribution in [0.1, 0.15) is 18.2 Å². The number of aromatic nitrogens is 4. The largest absolute Gasteiger partial charge is 0.357 e. The molecule has 0 radical (unpaired) electrons. The number of guanidine groups is 1. The number of aliphatic imine (C=N–C) groups is 1.